The van der Waals surface area contributed by atoms with E-state index in [0.717, 1.165) is 0 Å². The predicted molar refractivity (Wildman–Crippen MR) is 93.2 cm³/mol. The highest BCUT2D eigenvalue weighted by Crippen LogP contribution is 2.03. The molecule has 11 nitrogen and oxygen atoms in total. The Morgan fingerprint density at radius 3 is 2.04 bits per heavy atom. The Morgan fingerprint density at radius 1 is 1.00 bits per heavy atom. The van der Waals surface area contributed by atoms with E-state index in [4.69, 9.17) is 21.7 Å². The Balaban J connectivity index is 4.96. The lowest BCUT2D eigenvalue weighted by atomic mass is 10.1. The van der Waals surface area contributed by atoms with Crippen LogP contribution in [-0.2, 0) is 24.0 Å². The second-order valence-electron chi connectivity index (χ2n) is 5.45. The Bertz CT molecular complexity index is 543. The van der Waals surface area contributed by atoms with Crippen molar-refractivity contribution in [2.75, 3.05) is 12.0 Å². The molecule has 0 aromatic heterocycles. The minimum Gasteiger partial charge on any atom is -0.481 e. The normalized spacial score (nSPS) is 13.9. The molecule has 3 amide bonds. The van der Waals surface area contributed by atoms with Crippen molar-refractivity contribution in [1.82, 2.24) is 10.6 Å². The first kappa shape index (κ1) is 23.7. The average molecular weight is 392 g/mol. The zero-order chi connectivity index (χ0) is 20.3. The van der Waals surface area contributed by atoms with Gasteiger partial charge < -0.3 is 32.3 Å². The molecule has 148 valence electrons. The van der Waals surface area contributed by atoms with Crippen molar-refractivity contribution in [3.05, 3.63) is 0 Å². The number of nitrogens with one attached hydrogen (secondary N) is 2. The first-order chi connectivity index (χ1) is 12.1. The van der Waals surface area contributed by atoms with Crippen molar-refractivity contribution < 1.29 is 34.2 Å². The average Bonchev–Trinajstić information content (AvgIpc) is 2.54. The maximum Gasteiger partial charge on any atom is 0.326 e. The second-order valence-corrected chi connectivity index (χ2v) is 6.44. The quantitative estimate of drug-likeness (QED) is 0.202. The van der Waals surface area contributed by atoms with Crippen LogP contribution in [0.15, 0.2) is 0 Å². The molecule has 3 unspecified atom stereocenters. The molecule has 0 bridgehead atoms. The van der Waals surface area contributed by atoms with Crippen molar-refractivity contribution in [3.63, 3.8) is 0 Å². The van der Waals surface area contributed by atoms with E-state index in [9.17, 15) is 24.0 Å². The molecule has 0 aliphatic carbocycles. The van der Waals surface area contributed by atoms with E-state index in [-0.39, 0.29) is 19.3 Å². The van der Waals surface area contributed by atoms with Gasteiger partial charge in [-0.1, -0.05) is 0 Å². The third kappa shape index (κ3) is 9.84. The highest BCUT2D eigenvalue weighted by Gasteiger charge is 2.29. The van der Waals surface area contributed by atoms with Gasteiger partial charge in [0, 0.05) is 6.42 Å². The molecule has 0 heterocycles. The number of aliphatic carboxylic acids is 2. The van der Waals surface area contributed by atoms with Gasteiger partial charge in [-0.05, 0) is 24.9 Å². The number of primary amides is 1. The Morgan fingerprint density at radius 2 is 1.58 bits per heavy atom. The lowest BCUT2D eigenvalue weighted by molar-refractivity contribution is -0.142. The van der Waals surface area contributed by atoms with Gasteiger partial charge in [-0.15, -0.1) is 0 Å². The van der Waals surface area contributed by atoms with Crippen LogP contribution in [0.5, 0.6) is 0 Å². The van der Waals surface area contributed by atoms with E-state index >= 15 is 0 Å². The fourth-order valence-electron chi connectivity index (χ4n) is 1.86. The molecule has 3 atom stereocenters. The summed E-state index contributed by atoms with van der Waals surface area (Å²) in [5.74, 6) is -4.54. The van der Waals surface area contributed by atoms with Crippen LogP contribution >= 0.6 is 11.8 Å². The number of carbonyl (C=O) groups excluding carboxylic acids is 3. The van der Waals surface area contributed by atoms with Crippen LogP contribution in [0.4, 0.5) is 0 Å². The van der Waals surface area contributed by atoms with Gasteiger partial charge in [-0.2, -0.15) is 11.8 Å². The number of carbonyl (C=O) groups is 5. The number of hydrogen-bond acceptors (Lipinski definition) is 7. The van der Waals surface area contributed by atoms with E-state index in [2.05, 4.69) is 10.6 Å². The van der Waals surface area contributed by atoms with Gasteiger partial charge in [0.2, 0.25) is 17.7 Å². The van der Waals surface area contributed by atoms with Crippen LogP contribution in [0.3, 0.4) is 0 Å². The van der Waals surface area contributed by atoms with Crippen LogP contribution in [0.25, 0.3) is 0 Å². The number of hydrogen-bond donors (Lipinski definition) is 6. The first-order valence-electron chi connectivity index (χ1n) is 7.66. The summed E-state index contributed by atoms with van der Waals surface area (Å²) in [6, 6.07) is -3.81. The molecule has 0 spiro atoms. The summed E-state index contributed by atoms with van der Waals surface area (Å²) in [6.07, 6.45) is 0.847. The minimum absolute atomic E-state index is 0.150. The van der Waals surface area contributed by atoms with Crippen LogP contribution in [-0.4, -0.2) is 70.0 Å². The smallest absolute Gasteiger partial charge is 0.326 e. The van der Waals surface area contributed by atoms with Crippen LogP contribution in [0, 0.1) is 0 Å². The zero-order valence-corrected chi connectivity index (χ0v) is 15.1. The lowest BCUT2D eigenvalue weighted by Gasteiger charge is -2.22. The Labute approximate surface area is 154 Å². The molecular formula is C14H24N4O7S. The third-order valence-electron chi connectivity index (χ3n) is 3.27. The van der Waals surface area contributed by atoms with Crippen molar-refractivity contribution in [3.8, 4) is 0 Å². The summed E-state index contributed by atoms with van der Waals surface area (Å²) in [7, 11) is 0. The number of thioether (sulfide) groups is 1. The van der Waals surface area contributed by atoms with E-state index in [1.165, 1.54) is 11.8 Å². The lowest BCUT2D eigenvalue weighted by Crippen LogP contribution is -2.55. The van der Waals surface area contributed by atoms with Gasteiger partial charge >= 0.3 is 11.9 Å². The molecule has 12 heteroatoms. The molecule has 0 fully saturated rings. The number of rotatable bonds is 13. The minimum atomic E-state index is -1.41. The molecule has 0 saturated carbocycles. The molecule has 0 aliphatic rings. The van der Waals surface area contributed by atoms with Crippen molar-refractivity contribution in [2.45, 2.75) is 43.8 Å². The predicted octanol–water partition coefficient (Wildman–Crippen LogP) is -2.14. The fourth-order valence-corrected chi connectivity index (χ4v) is 2.34. The zero-order valence-electron chi connectivity index (χ0n) is 14.3. The summed E-state index contributed by atoms with van der Waals surface area (Å²) < 4.78 is 0. The van der Waals surface area contributed by atoms with Gasteiger partial charge in [0.05, 0.1) is 12.5 Å². The summed E-state index contributed by atoms with van der Waals surface area (Å²) in [5.41, 5.74) is 10.6. The Kier molecular flexibility index (Phi) is 11.0. The molecule has 0 saturated heterocycles. The van der Waals surface area contributed by atoms with Crippen LogP contribution < -0.4 is 22.1 Å². The molecular weight excluding hydrogens is 368 g/mol. The second kappa shape index (κ2) is 12.1. The molecule has 0 aromatic carbocycles. The van der Waals surface area contributed by atoms with Crippen molar-refractivity contribution in [1.29, 1.82) is 0 Å². The summed E-state index contributed by atoms with van der Waals surface area (Å²) >= 11 is 1.39. The molecule has 26 heavy (non-hydrogen) atoms. The Hall–Kier alpha value is -2.34. The number of carboxylic acid groups (broad SMARTS) is 2. The van der Waals surface area contributed by atoms with E-state index in [1.807, 2.05) is 0 Å². The fraction of sp³-hybridized carbons (Fsp3) is 0.643. The summed E-state index contributed by atoms with van der Waals surface area (Å²) in [4.78, 5) is 57.0. The molecule has 0 aromatic rings. The number of carboxylic acids is 2. The first-order valence-corrected chi connectivity index (χ1v) is 9.06. The highest BCUT2D eigenvalue weighted by atomic mass is 32.2. The maximum atomic E-state index is 12.2. The standard InChI is InChI=1S/C14H24N4O7S/c1-26-5-4-8(14(24)25)17-13(23)9(6-10(16)19)18-12(22)7(15)2-3-11(20)21/h7-9H,2-6,15H2,1H3,(H2,16,19)(H,17,23)(H,18,22)(H,20,21)(H,24,25). The van der Waals surface area contributed by atoms with Crippen LogP contribution in [0.2, 0.25) is 0 Å². The maximum absolute atomic E-state index is 12.2. The molecule has 8 N–H and O–H groups in total. The number of amides is 3. The van der Waals surface area contributed by atoms with Crippen molar-refractivity contribution in [2.24, 2.45) is 11.5 Å². The van der Waals surface area contributed by atoms with Crippen LogP contribution in [0.1, 0.15) is 25.7 Å². The van der Waals surface area contributed by atoms with E-state index in [0.29, 0.717) is 5.75 Å². The van der Waals surface area contributed by atoms with Gasteiger partial charge in [0.15, 0.2) is 0 Å². The SMILES string of the molecule is CSCCC(NC(=O)C(CC(N)=O)NC(=O)C(N)CCC(=O)O)C(=O)O. The van der Waals surface area contributed by atoms with Gasteiger partial charge in [0.1, 0.15) is 12.1 Å². The summed E-state index contributed by atoms with van der Waals surface area (Å²) in [5, 5.41) is 22.2. The molecule has 0 aliphatic heterocycles. The summed E-state index contributed by atoms with van der Waals surface area (Å²) in [6.45, 7) is 0. The highest BCUT2D eigenvalue weighted by molar-refractivity contribution is 7.98. The molecule has 0 rings (SSSR count). The third-order valence-corrected chi connectivity index (χ3v) is 3.91. The van der Waals surface area contributed by atoms with Gasteiger partial charge in [-0.3, -0.25) is 19.2 Å². The monoisotopic (exact) mass is 392 g/mol. The van der Waals surface area contributed by atoms with E-state index < -0.39 is 54.2 Å². The number of nitrogens with two attached hydrogens (primary N) is 2. The topological polar surface area (TPSA) is 202 Å². The largest absolute Gasteiger partial charge is 0.481 e. The van der Waals surface area contributed by atoms with Gasteiger partial charge in [0.25, 0.3) is 0 Å². The van der Waals surface area contributed by atoms with Gasteiger partial charge in [-0.25, -0.2) is 4.79 Å². The molecule has 0 radical (unpaired) electrons. The van der Waals surface area contributed by atoms with E-state index in [1.54, 1.807) is 6.26 Å². The van der Waals surface area contributed by atoms with Crippen molar-refractivity contribution >= 4 is 41.4 Å².